The average molecular weight is 637 g/mol. The highest BCUT2D eigenvalue weighted by atomic mass is 19.4. The number of rotatable bonds is 8. The number of amides is 1. The number of alkyl halides is 6. The number of aromatic nitrogens is 1. The van der Waals surface area contributed by atoms with Crippen molar-refractivity contribution in [3.63, 3.8) is 0 Å². The Bertz CT molecular complexity index is 1430. The highest BCUT2D eigenvalue weighted by molar-refractivity contribution is 5.82. The van der Waals surface area contributed by atoms with E-state index in [2.05, 4.69) is 9.80 Å². The van der Waals surface area contributed by atoms with Crippen molar-refractivity contribution in [1.82, 2.24) is 14.8 Å². The number of piperazine rings is 1. The number of hydrogen-bond acceptors (Lipinski definition) is 5. The predicted octanol–water partition coefficient (Wildman–Crippen LogP) is 8.13. The molecule has 1 saturated carbocycles. The molecule has 0 N–H and O–H groups in total. The van der Waals surface area contributed by atoms with Gasteiger partial charge in [-0.05, 0) is 61.6 Å². The minimum Gasteiger partial charge on any atom is -0.450 e. The van der Waals surface area contributed by atoms with E-state index in [1.165, 1.54) is 32.1 Å². The number of anilines is 1. The predicted molar refractivity (Wildman–Crippen MR) is 160 cm³/mol. The first-order valence-electron chi connectivity index (χ1n) is 15.5. The van der Waals surface area contributed by atoms with E-state index in [0.717, 1.165) is 35.4 Å². The number of carbonyl (C=O) groups is 1. The molecule has 2 aliphatic rings. The van der Waals surface area contributed by atoms with Crippen LogP contribution in [0.2, 0.25) is 0 Å². The van der Waals surface area contributed by atoms with Crippen molar-refractivity contribution in [3.05, 3.63) is 70.8 Å². The van der Waals surface area contributed by atoms with Crippen LogP contribution in [0, 0.1) is 5.92 Å². The van der Waals surface area contributed by atoms with Gasteiger partial charge in [0, 0.05) is 50.2 Å². The van der Waals surface area contributed by atoms with Gasteiger partial charge >= 0.3 is 18.4 Å². The Balaban J connectivity index is 1.44. The van der Waals surface area contributed by atoms with Gasteiger partial charge in [-0.2, -0.15) is 26.3 Å². The molecule has 0 bridgehead atoms. The molecule has 244 valence electrons. The topological polar surface area (TPSA) is 48.9 Å². The molecule has 2 fully saturated rings. The van der Waals surface area contributed by atoms with Crippen molar-refractivity contribution in [2.24, 2.45) is 5.92 Å². The van der Waals surface area contributed by atoms with Crippen molar-refractivity contribution in [3.8, 4) is 0 Å². The van der Waals surface area contributed by atoms with Crippen LogP contribution in [0.5, 0.6) is 0 Å². The zero-order valence-electron chi connectivity index (χ0n) is 25.3. The molecule has 0 atom stereocenters. The minimum absolute atomic E-state index is 0.0164. The molecule has 1 amide bonds. The van der Waals surface area contributed by atoms with Crippen molar-refractivity contribution >= 4 is 22.8 Å². The number of carbonyl (C=O) groups excluding carboxylic acids is 1. The molecule has 1 aromatic heterocycles. The Hall–Kier alpha value is -3.54. The highest BCUT2D eigenvalue weighted by Gasteiger charge is 2.37. The summed E-state index contributed by atoms with van der Waals surface area (Å²) in [7, 11) is 0. The molecule has 12 heteroatoms. The zero-order chi connectivity index (χ0) is 32.2. The largest absolute Gasteiger partial charge is 0.450 e. The lowest BCUT2D eigenvalue weighted by molar-refractivity contribution is -0.143. The van der Waals surface area contributed by atoms with Gasteiger partial charge in [0.1, 0.15) is 5.82 Å². The van der Waals surface area contributed by atoms with E-state index < -0.39 is 36.1 Å². The van der Waals surface area contributed by atoms with E-state index in [0.29, 0.717) is 42.5 Å². The molecule has 0 spiro atoms. The number of ether oxygens (including phenoxy) is 1. The number of para-hydroxylation sites is 1. The summed E-state index contributed by atoms with van der Waals surface area (Å²) in [6.07, 6.45) is -4.46. The second kappa shape index (κ2) is 13.8. The standard InChI is InChI=1S/C33H38F6N4O2/c1-2-45-31(44)43(21-24-16-27(32(34,35)36)19-28(17-24)33(37,38)39)22-26-18-25-10-6-7-11-29(25)40-30(26)42-14-12-41(13-15-42)20-23-8-4-3-5-9-23/h6-7,10-11,16-19,23H,2-5,8-9,12-15,20-22H2,1H3. The molecule has 1 aliphatic carbocycles. The van der Waals surface area contributed by atoms with Gasteiger partial charge in [-0.3, -0.25) is 9.80 Å². The van der Waals surface area contributed by atoms with Gasteiger partial charge in [-0.15, -0.1) is 0 Å². The van der Waals surface area contributed by atoms with Crippen LogP contribution < -0.4 is 4.90 Å². The molecule has 2 heterocycles. The number of halogens is 6. The second-order valence-electron chi connectivity index (χ2n) is 11.9. The Morgan fingerprint density at radius 2 is 1.53 bits per heavy atom. The highest BCUT2D eigenvalue weighted by Crippen LogP contribution is 2.37. The third kappa shape index (κ3) is 8.39. The normalized spacial score (nSPS) is 17.1. The van der Waals surface area contributed by atoms with Crippen LogP contribution in [0.25, 0.3) is 10.9 Å². The smallest absolute Gasteiger partial charge is 0.416 e. The Labute approximate surface area is 258 Å². The fourth-order valence-corrected chi connectivity index (χ4v) is 6.35. The summed E-state index contributed by atoms with van der Waals surface area (Å²) < 4.78 is 86.7. The van der Waals surface area contributed by atoms with E-state index in [-0.39, 0.29) is 24.8 Å². The third-order valence-corrected chi connectivity index (χ3v) is 8.60. The molecule has 3 aromatic rings. The Kier molecular flexibility index (Phi) is 10.1. The van der Waals surface area contributed by atoms with Crippen molar-refractivity contribution < 1.29 is 35.9 Å². The first-order valence-corrected chi connectivity index (χ1v) is 15.5. The van der Waals surface area contributed by atoms with E-state index in [1.54, 1.807) is 6.92 Å². The zero-order valence-corrected chi connectivity index (χ0v) is 25.3. The van der Waals surface area contributed by atoms with Gasteiger partial charge in [0.25, 0.3) is 0 Å². The lowest BCUT2D eigenvalue weighted by Gasteiger charge is -2.38. The van der Waals surface area contributed by atoms with E-state index in [9.17, 15) is 31.1 Å². The van der Waals surface area contributed by atoms with Crippen LogP contribution >= 0.6 is 0 Å². The molecule has 0 radical (unpaired) electrons. The summed E-state index contributed by atoms with van der Waals surface area (Å²) in [5, 5.41) is 0.800. The van der Waals surface area contributed by atoms with Crippen LogP contribution in [0.4, 0.5) is 37.0 Å². The van der Waals surface area contributed by atoms with Crippen molar-refractivity contribution in [2.45, 2.75) is 64.5 Å². The first-order chi connectivity index (χ1) is 21.4. The maximum atomic E-state index is 13.6. The Morgan fingerprint density at radius 3 is 2.16 bits per heavy atom. The fraction of sp³-hybridized carbons (Fsp3) is 0.515. The summed E-state index contributed by atoms with van der Waals surface area (Å²) in [5.74, 6) is 1.35. The number of nitrogens with zero attached hydrogens (tertiary/aromatic N) is 4. The van der Waals surface area contributed by atoms with Crippen LogP contribution in [-0.2, 0) is 30.2 Å². The summed E-state index contributed by atoms with van der Waals surface area (Å²) in [6, 6.07) is 10.7. The van der Waals surface area contributed by atoms with Gasteiger partial charge < -0.3 is 9.64 Å². The summed E-state index contributed by atoms with van der Waals surface area (Å²) in [4.78, 5) is 23.8. The van der Waals surface area contributed by atoms with Gasteiger partial charge in [0.2, 0.25) is 0 Å². The molecule has 45 heavy (non-hydrogen) atoms. The lowest BCUT2D eigenvalue weighted by atomic mass is 9.89. The third-order valence-electron chi connectivity index (χ3n) is 8.60. The average Bonchev–Trinajstić information content (AvgIpc) is 3.00. The number of fused-ring (bicyclic) bond motifs is 1. The molecule has 6 nitrogen and oxygen atoms in total. The Morgan fingerprint density at radius 1 is 0.889 bits per heavy atom. The van der Waals surface area contributed by atoms with Crippen molar-refractivity contribution in [1.29, 1.82) is 0 Å². The maximum absolute atomic E-state index is 13.6. The van der Waals surface area contributed by atoms with E-state index in [1.807, 2.05) is 30.3 Å². The van der Waals surface area contributed by atoms with Gasteiger partial charge in [-0.25, -0.2) is 9.78 Å². The number of benzene rings is 2. The van der Waals surface area contributed by atoms with Gasteiger partial charge in [0.15, 0.2) is 0 Å². The van der Waals surface area contributed by atoms with Gasteiger partial charge in [-0.1, -0.05) is 37.5 Å². The SMILES string of the molecule is CCOC(=O)N(Cc1cc(C(F)(F)F)cc(C(F)(F)F)c1)Cc1cc2ccccc2nc1N1CCN(CC2CCCCC2)CC1. The number of hydrogen-bond donors (Lipinski definition) is 0. The molecule has 1 aliphatic heterocycles. The van der Waals surface area contributed by atoms with Crippen molar-refractivity contribution in [2.75, 3.05) is 44.2 Å². The second-order valence-corrected chi connectivity index (χ2v) is 11.9. The molecule has 5 rings (SSSR count). The molecular weight excluding hydrogens is 598 g/mol. The minimum atomic E-state index is -5.00. The molecular formula is C33H38F6N4O2. The number of pyridine rings is 1. The summed E-state index contributed by atoms with van der Waals surface area (Å²) in [5.41, 5.74) is -1.80. The maximum Gasteiger partial charge on any atom is 0.416 e. The van der Waals surface area contributed by atoms with Crippen LogP contribution in [-0.4, -0.2) is 60.2 Å². The van der Waals surface area contributed by atoms with Crippen LogP contribution in [0.15, 0.2) is 48.5 Å². The first kappa shape index (κ1) is 32.8. The molecule has 2 aromatic carbocycles. The van der Waals surface area contributed by atoms with E-state index in [4.69, 9.17) is 9.72 Å². The summed E-state index contributed by atoms with van der Waals surface area (Å²) >= 11 is 0. The van der Waals surface area contributed by atoms with Gasteiger partial charge in [0.05, 0.1) is 29.8 Å². The quantitative estimate of drug-likeness (QED) is 0.234. The monoisotopic (exact) mass is 636 g/mol. The fourth-order valence-electron chi connectivity index (χ4n) is 6.35. The lowest BCUT2D eigenvalue weighted by Crippen LogP contribution is -2.48. The molecule has 1 saturated heterocycles. The van der Waals surface area contributed by atoms with E-state index >= 15 is 0 Å². The molecule has 0 unspecified atom stereocenters. The van der Waals surface area contributed by atoms with Crippen LogP contribution in [0.3, 0.4) is 0 Å². The van der Waals surface area contributed by atoms with Crippen LogP contribution in [0.1, 0.15) is 61.3 Å². The summed E-state index contributed by atoms with van der Waals surface area (Å²) in [6.45, 7) is 5.08.